The lowest BCUT2D eigenvalue weighted by Gasteiger charge is -2.33. The van der Waals surface area contributed by atoms with Gasteiger partial charge in [0, 0.05) is 6.04 Å². The third-order valence-corrected chi connectivity index (χ3v) is 2.97. The van der Waals surface area contributed by atoms with Gasteiger partial charge in [-0.1, -0.05) is 12.1 Å². The lowest BCUT2D eigenvalue weighted by molar-refractivity contribution is 0.0505. The number of benzene rings is 1. The SMILES string of the molecule is O[C@@H]1CC[C@H]1NCCc1ccc(F)cc1. The monoisotopic (exact) mass is 209 g/mol. The number of hydrogen-bond donors (Lipinski definition) is 2. The summed E-state index contributed by atoms with van der Waals surface area (Å²) in [6.45, 7) is 0.841. The van der Waals surface area contributed by atoms with E-state index in [1.165, 1.54) is 12.1 Å². The van der Waals surface area contributed by atoms with Crippen LogP contribution in [0.25, 0.3) is 0 Å². The lowest BCUT2D eigenvalue weighted by atomic mass is 9.89. The van der Waals surface area contributed by atoms with Gasteiger partial charge in [0.15, 0.2) is 0 Å². The molecular formula is C12H16FNO. The Hall–Kier alpha value is -0.930. The molecule has 0 saturated heterocycles. The van der Waals surface area contributed by atoms with Gasteiger partial charge in [-0.3, -0.25) is 0 Å². The molecule has 0 spiro atoms. The van der Waals surface area contributed by atoms with Crippen molar-refractivity contribution in [3.63, 3.8) is 0 Å². The molecule has 1 aromatic rings. The van der Waals surface area contributed by atoms with Gasteiger partial charge >= 0.3 is 0 Å². The van der Waals surface area contributed by atoms with Crippen LogP contribution in [-0.2, 0) is 6.42 Å². The van der Waals surface area contributed by atoms with Crippen molar-refractivity contribution in [1.29, 1.82) is 0 Å². The van der Waals surface area contributed by atoms with E-state index in [0.29, 0.717) is 0 Å². The van der Waals surface area contributed by atoms with E-state index in [0.717, 1.165) is 31.4 Å². The van der Waals surface area contributed by atoms with Crippen LogP contribution in [0.5, 0.6) is 0 Å². The Morgan fingerprint density at radius 1 is 1.27 bits per heavy atom. The third kappa shape index (κ3) is 2.76. The Bertz CT molecular complexity index is 312. The summed E-state index contributed by atoms with van der Waals surface area (Å²) in [5.41, 5.74) is 1.12. The summed E-state index contributed by atoms with van der Waals surface area (Å²) < 4.78 is 12.6. The first-order valence-electron chi connectivity index (χ1n) is 5.41. The fourth-order valence-electron chi connectivity index (χ4n) is 1.77. The van der Waals surface area contributed by atoms with E-state index in [2.05, 4.69) is 5.32 Å². The molecule has 1 aromatic carbocycles. The van der Waals surface area contributed by atoms with Gasteiger partial charge in [-0.15, -0.1) is 0 Å². The summed E-state index contributed by atoms with van der Waals surface area (Å²) in [4.78, 5) is 0. The average Bonchev–Trinajstić information content (AvgIpc) is 2.25. The van der Waals surface area contributed by atoms with E-state index in [4.69, 9.17) is 0 Å². The fourth-order valence-corrected chi connectivity index (χ4v) is 1.77. The highest BCUT2D eigenvalue weighted by Gasteiger charge is 2.27. The van der Waals surface area contributed by atoms with Crippen molar-refractivity contribution in [2.75, 3.05) is 6.54 Å². The van der Waals surface area contributed by atoms with Crippen LogP contribution in [0.3, 0.4) is 0 Å². The zero-order valence-corrected chi connectivity index (χ0v) is 8.62. The number of aliphatic hydroxyl groups excluding tert-OH is 1. The fraction of sp³-hybridized carbons (Fsp3) is 0.500. The van der Waals surface area contributed by atoms with Crippen molar-refractivity contribution in [1.82, 2.24) is 5.32 Å². The predicted molar refractivity (Wildman–Crippen MR) is 57.1 cm³/mol. The second kappa shape index (κ2) is 4.73. The van der Waals surface area contributed by atoms with Crippen LogP contribution in [0, 0.1) is 5.82 Å². The van der Waals surface area contributed by atoms with E-state index >= 15 is 0 Å². The van der Waals surface area contributed by atoms with Crippen molar-refractivity contribution in [2.45, 2.75) is 31.4 Å². The molecule has 1 aliphatic rings. The summed E-state index contributed by atoms with van der Waals surface area (Å²) in [6.07, 6.45) is 2.68. The lowest BCUT2D eigenvalue weighted by Crippen LogP contribution is -2.48. The maximum atomic E-state index is 12.6. The summed E-state index contributed by atoms with van der Waals surface area (Å²) in [5, 5.41) is 12.6. The smallest absolute Gasteiger partial charge is 0.123 e. The van der Waals surface area contributed by atoms with Crippen molar-refractivity contribution >= 4 is 0 Å². The van der Waals surface area contributed by atoms with Crippen LogP contribution < -0.4 is 5.32 Å². The molecule has 0 radical (unpaired) electrons. The molecular weight excluding hydrogens is 193 g/mol. The highest BCUT2D eigenvalue weighted by atomic mass is 19.1. The Balaban J connectivity index is 1.71. The first-order valence-corrected chi connectivity index (χ1v) is 5.41. The molecule has 3 heteroatoms. The van der Waals surface area contributed by atoms with E-state index in [-0.39, 0.29) is 18.0 Å². The molecule has 0 unspecified atom stereocenters. The molecule has 0 aromatic heterocycles. The van der Waals surface area contributed by atoms with Crippen LogP contribution in [0.15, 0.2) is 24.3 Å². The number of aliphatic hydroxyl groups is 1. The maximum Gasteiger partial charge on any atom is 0.123 e. The summed E-state index contributed by atoms with van der Waals surface area (Å²) in [7, 11) is 0. The number of hydrogen-bond acceptors (Lipinski definition) is 2. The van der Waals surface area contributed by atoms with E-state index in [1.54, 1.807) is 12.1 Å². The summed E-state index contributed by atoms with van der Waals surface area (Å²) in [6, 6.07) is 6.83. The van der Waals surface area contributed by atoms with Gasteiger partial charge in [0.25, 0.3) is 0 Å². The molecule has 2 rings (SSSR count). The largest absolute Gasteiger partial charge is 0.392 e. The molecule has 1 aliphatic carbocycles. The third-order valence-electron chi connectivity index (χ3n) is 2.97. The minimum Gasteiger partial charge on any atom is -0.392 e. The molecule has 82 valence electrons. The quantitative estimate of drug-likeness (QED) is 0.787. The first-order chi connectivity index (χ1) is 7.25. The normalized spacial score (nSPS) is 24.9. The average molecular weight is 209 g/mol. The number of rotatable bonds is 4. The van der Waals surface area contributed by atoms with Gasteiger partial charge in [-0.2, -0.15) is 0 Å². The van der Waals surface area contributed by atoms with Gasteiger partial charge in [-0.05, 0) is 43.5 Å². The molecule has 1 fully saturated rings. The van der Waals surface area contributed by atoms with Gasteiger partial charge < -0.3 is 10.4 Å². The highest BCUT2D eigenvalue weighted by molar-refractivity contribution is 5.16. The minimum atomic E-state index is -0.193. The van der Waals surface area contributed by atoms with Crippen LogP contribution in [0.1, 0.15) is 18.4 Å². The molecule has 0 aliphatic heterocycles. The van der Waals surface area contributed by atoms with Crippen molar-refractivity contribution < 1.29 is 9.50 Å². The van der Waals surface area contributed by atoms with Crippen LogP contribution in [0.2, 0.25) is 0 Å². The topological polar surface area (TPSA) is 32.3 Å². The van der Waals surface area contributed by atoms with E-state index in [9.17, 15) is 9.50 Å². The van der Waals surface area contributed by atoms with Crippen molar-refractivity contribution in [2.24, 2.45) is 0 Å². The first kappa shape index (κ1) is 10.6. The zero-order valence-electron chi connectivity index (χ0n) is 8.62. The van der Waals surface area contributed by atoms with Crippen molar-refractivity contribution in [3.05, 3.63) is 35.6 Å². The minimum absolute atomic E-state index is 0.168. The standard InChI is InChI=1S/C12H16FNO/c13-10-3-1-9(2-4-10)7-8-14-11-5-6-12(11)15/h1-4,11-12,14-15H,5-8H2/t11-,12-/m1/s1. The molecule has 0 heterocycles. The zero-order chi connectivity index (χ0) is 10.7. The Morgan fingerprint density at radius 2 is 2.00 bits per heavy atom. The van der Waals surface area contributed by atoms with E-state index in [1.807, 2.05) is 0 Å². The second-order valence-corrected chi connectivity index (χ2v) is 4.08. The molecule has 0 amide bonds. The molecule has 0 bridgehead atoms. The second-order valence-electron chi connectivity index (χ2n) is 4.08. The molecule has 2 atom stereocenters. The highest BCUT2D eigenvalue weighted by Crippen LogP contribution is 2.19. The molecule has 2 nitrogen and oxygen atoms in total. The van der Waals surface area contributed by atoms with Crippen LogP contribution in [-0.4, -0.2) is 23.8 Å². The van der Waals surface area contributed by atoms with Crippen molar-refractivity contribution in [3.8, 4) is 0 Å². The maximum absolute atomic E-state index is 12.6. The van der Waals surface area contributed by atoms with Crippen LogP contribution in [0.4, 0.5) is 4.39 Å². The Morgan fingerprint density at radius 3 is 2.53 bits per heavy atom. The molecule has 2 N–H and O–H groups in total. The van der Waals surface area contributed by atoms with Crippen LogP contribution >= 0.6 is 0 Å². The molecule has 1 saturated carbocycles. The Labute approximate surface area is 89.1 Å². The predicted octanol–water partition coefficient (Wildman–Crippen LogP) is 1.48. The number of halogens is 1. The van der Waals surface area contributed by atoms with Gasteiger partial charge in [0.2, 0.25) is 0 Å². The summed E-state index contributed by atoms with van der Waals surface area (Å²) >= 11 is 0. The summed E-state index contributed by atoms with van der Waals surface area (Å²) in [5.74, 6) is -0.193. The Kier molecular flexibility index (Phi) is 3.34. The van der Waals surface area contributed by atoms with E-state index < -0.39 is 0 Å². The van der Waals surface area contributed by atoms with Gasteiger partial charge in [-0.25, -0.2) is 4.39 Å². The molecule has 15 heavy (non-hydrogen) atoms. The van der Waals surface area contributed by atoms with Gasteiger partial charge in [0.05, 0.1) is 6.10 Å². The van der Waals surface area contributed by atoms with Gasteiger partial charge in [0.1, 0.15) is 5.82 Å². The number of nitrogens with one attached hydrogen (secondary N) is 1.